The summed E-state index contributed by atoms with van der Waals surface area (Å²) in [5.74, 6) is -0.144. The van der Waals surface area contributed by atoms with Gasteiger partial charge in [-0.15, -0.1) is 0 Å². The number of amides is 1. The van der Waals surface area contributed by atoms with Crippen LogP contribution in [0.3, 0.4) is 0 Å². The number of carbonyl (C=O) groups is 1. The summed E-state index contributed by atoms with van der Waals surface area (Å²) in [5.41, 5.74) is 4.72. The summed E-state index contributed by atoms with van der Waals surface area (Å²) in [6.07, 6.45) is 4.45. The van der Waals surface area contributed by atoms with Crippen LogP contribution in [0.1, 0.15) is 30.9 Å². The minimum absolute atomic E-state index is 0.0837. The number of carbonyl (C=O) groups excluding carboxylic acids is 1. The number of sulfonamides is 1. The predicted molar refractivity (Wildman–Crippen MR) is 121 cm³/mol. The number of nitrogens with one attached hydrogen (secondary N) is 1. The van der Waals surface area contributed by atoms with E-state index >= 15 is 0 Å². The Labute approximate surface area is 182 Å². The van der Waals surface area contributed by atoms with E-state index in [-0.39, 0.29) is 10.6 Å². The number of aromatic nitrogens is 1. The van der Waals surface area contributed by atoms with Crippen molar-refractivity contribution in [3.05, 3.63) is 90.3 Å². The third-order valence-electron chi connectivity index (χ3n) is 4.56. The minimum Gasteiger partial charge on any atom is -0.271 e. The molecule has 8 heteroatoms. The summed E-state index contributed by atoms with van der Waals surface area (Å²) >= 11 is 0. The van der Waals surface area contributed by atoms with Crippen LogP contribution in [-0.4, -0.2) is 32.1 Å². The van der Waals surface area contributed by atoms with E-state index in [1.165, 1.54) is 36.3 Å². The standard InChI is InChI=1S/C23H24N4O3S/c1-18(2)20-12-10-19(11-13-20)15-25-26-23(28)17-27(21-7-6-14-24-16-21)31(29,30)22-8-4-3-5-9-22/h3-16,18H,17H2,1-2H3,(H,26,28)/b25-15-. The molecular formula is C23H24N4O3S. The normalized spacial score (nSPS) is 11.6. The van der Waals surface area contributed by atoms with Gasteiger partial charge in [0.05, 0.1) is 23.0 Å². The second-order valence-corrected chi connectivity index (χ2v) is 9.01. The summed E-state index contributed by atoms with van der Waals surface area (Å²) in [7, 11) is -3.96. The first kappa shape index (κ1) is 22.2. The fraction of sp³-hybridized carbons (Fsp3) is 0.174. The Kier molecular flexibility index (Phi) is 7.15. The second-order valence-electron chi connectivity index (χ2n) is 7.15. The molecule has 1 heterocycles. The summed E-state index contributed by atoms with van der Waals surface area (Å²) in [6.45, 7) is 3.79. The maximum atomic E-state index is 13.1. The number of hydrogen-bond donors (Lipinski definition) is 1. The van der Waals surface area contributed by atoms with Gasteiger partial charge < -0.3 is 0 Å². The highest BCUT2D eigenvalue weighted by atomic mass is 32.2. The molecule has 0 aliphatic heterocycles. The molecule has 0 unspecified atom stereocenters. The van der Waals surface area contributed by atoms with E-state index in [1.54, 1.807) is 30.3 Å². The van der Waals surface area contributed by atoms with E-state index in [2.05, 4.69) is 29.4 Å². The van der Waals surface area contributed by atoms with E-state index in [0.717, 1.165) is 9.87 Å². The van der Waals surface area contributed by atoms with Crippen molar-refractivity contribution in [2.45, 2.75) is 24.7 Å². The number of benzene rings is 2. The van der Waals surface area contributed by atoms with E-state index in [4.69, 9.17) is 0 Å². The molecule has 0 spiro atoms. The molecule has 3 aromatic rings. The number of nitrogens with zero attached hydrogens (tertiary/aromatic N) is 3. The third-order valence-corrected chi connectivity index (χ3v) is 6.35. The molecule has 1 aromatic heterocycles. The molecular weight excluding hydrogens is 412 g/mol. The maximum Gasteiger partial charge on any atom is 0.264 e. The highest BCUT2D eigenvalue weighted by Gasteiger charge is 2.27. The molecule has 2 aromatic carbocycles. The number of hydrogen-bond acceptors (Lipinski definition) is 5. The average Bonchev–Trinajstić information content (AvgIpc) is 2.79. The second kappa shape index (κ2) is 9.99. The number of pyridine rings is 1. The Morgan fingerprint density at radius 2 is 1.77 bits per heavy atom. The first-order valence-electron chi connectivity index (χ1n) is 9.77. The lowest BCUT2D eigenvalue weighted by Crippen LogP contribution is -2.39. The van der Waals surface area contributed by atoms with Gasteiger partial charge in [0, 0.05) is 6.20 Å². The van der Waals surface area contributed by atoms with Gasteiger partial charge in [-0.05, 0) is 41.3 Å². The van der Waals surface area contributed by atoms with E-state index in [9.17, 15) is 13.2 Å². The van der Waals surface area contributed by atoms with Crippen LogP contribution in [-0.2, 0) is 14.8 Å². The van der Waals surface area contributed by atoms with Gasteiger partial charge in [-0.1, -0.05) is 56.3 Å². The minimum atomic E-state index is -3.96. The summed E-state index contributed by atoms with van der Waals surface area (Å²) in [5, 5.41) is 3.96. The van der Waals surface area contributed by atoms with E-state index in [1.807, 2.05) is 24.3 Å². The zero-order valence-electron chi connectivity index (χ0n) is 17.3. The highest BCUT2D eigenvalue weighted by Crippen LogP contribution is 2.22. The van der Waals surface area contributed by atoms with Gasteiger partial charge in [0.25, 0.3) is 15.9 Å². The van der Waals surface area contributed by atoms with E-state index < -0.39 is 22.5 Å². The van der Waals surface area contributed by atoms with Gasteiger partial charge in [0.15, 0.2) is 0 Å². The topological polar surface area (TPSA) is 91.7 Å². The van der Waals surface area contributed by atoms with Crippen LogP contribution in [0.5, 0.6) is 0 Å². The molecule has 0 saturated carbocycles. The Bertz CT molecular complexity index is 1130. The van der Waals surface area contributed by atoms with Crippen molar-refractivity contribution in [3.8, 4) is 0 Å². The Hall–Kier alpha value is -3.52. The number of anilines is 1. The van der Waals surface area contributed by atoms with Crippen LogP contribution in [0.25, 0.3) is 0 Å². The van der Waals surface area contributed by atoms with E-state index in [0.29, 0.717) is 5.92 Å². The van der Waals surface area contributed by atoms with Gasteiger partial charge in [0.1, 0.15) is 6.54 Å². The maximum absolute atomic E-state index is 13.1. The molecule has 1 N–H and O–H groups in total. The quantitative estimate of drug-likeness (QED) is 0.432. The summed E-state index contributed by atoms with van der Waals surface area (Å²) in [4.78, 5) is 16.5. The van der Waals surface area contributed by atoms with Crippen LogP contribution in [0.4, 0.5) is 5.69 Å². The Morgan fingerprint density at radius 1 is 1.06 bits per heavy atom. The molecule has 0 atom stereocenters. The zero-order chi connectivity index (χ0) is 22.3. The monoisotopic (exact) mass is 436 g/mol. The Morgan fingerprint density at radius 3 is 2.39 bits per heavy atom. The molecule has 0 radical (unpaired) electrons. The van der Waals surface area contributed by atoms with Crippen molar-refractivity contribution in [2.75, 3.05) is 10.8 Å². The fourth-order valence-electron chi connectivity index (χ4n) is 2.85. The van der Waals surface area contributed by atoms with Crippen LogP contribution >= 0.6 is 0 Å². The van der Waals surface area contributed by atoms with Crippen molar-refractivity contribution in [1.29, 1.82) is 0 Å². The largest absolute Gasteiger partial charge is 0.271 e. The van der Waals surface area contributed by atoms with Crippen LogP contribution < -0.4 is 9.73 Å². The first-order valence-corrected chi connectivity index (χ1v) is 11.2. The lowest BCUT2D eigenvalue weighted by molar-refractivity contribution is -0.119. The molecule has 1 amide bonds. The van der Waals surface area contributed by atoms with Crippen molar-refractivity contribution in [3.63, 3.8) is 0 Å². The predicted octanol–water partition coefficient (Wildman–Crippen LogP) is 3.55. The molecule has 0 aliphatic rings. The van der Waals surface area contributed by atoms with Crippen molar-refractivity contribution < 1.29 is 13.2 Å². The fourth-order valence-corrected chi connectivity index (χ4v) is 4.28. The molecule has 31 heavy (non-hydrogen) atoms. The zero-order valence-corrected chi connectivity index (χ0v) is 18.2. The average molecular weight is 437 g/mol. The van der Waals surface area contributed by atoms with Crippen LogP contribution in [0, 0.1) is 0 Å². The molecule has 160 valence electrons. The van der Waals surface area contributed by atoms with Gasteiger partial charge >= 0.3 is 0 Å². The van der Waals surface area contributed by atoms with Crippen molar-refractivity contribution in [2.24, 2.45) is 5.10 Å². The summed E-state index contributed by atoms with van der Waals surface area (Å²) < 4.78 is 27.3. The lowest BCUT2D eigenvalue weighted by atomic mass is 10.0. The van der Waals surface area contributed by atoms with Crippen molar-refractivity contribution in [1.82, 2.24) is 10.4 Å². The SMILES string of the molecule is CC(C)c1ccc(/C=N\NC(=O)CN(c2cccnc2)S(=O)(=O)c2ccccc2)cc1. The van der Waals surface area contributed by atoms with Gasteiger partial charge in [0.2, 0.25) is 0 Å². The molecule has 7 nitrogen and oxygen atoms in total. The van der Waals surface area contributed by atoms with Crippen LogP contribution in [0.2, 0.25) is 0 Å². The Balaban J connectivity index is 1.75. The summed E-state index contributed by atoms with van der Waals surface area (Å²) in [6, 6.07) is 19.0. The highest BCUT2D eigenvalue weighted by molar-refractivity contribution is 7.92. The van der Waals surface area contributed by atoms with Gasteiger partial charge in [-0.3, -0.25) is 14.1 Å². The molecule has 0 fully saturated rings. The van der Waals surface area contributed by atoms with Gasteiger partial charge in [-0.2, -0.15) is 5.10 Å². The number of rotatable bonds is 8. The van der Waals surface area contributed by atoms with Crippen LogP contribution in [0.15, 0.2) is 89.1 Å². The molecule has 0 aliphatic carbocycles. The third kappa shape index (κ3) is 5.76. The first-order chi connectivity index (χ1) is 14.9. The smallest absolute Gasteiger partial charge is 0.264 e. The molecule has 3 rings (SSSR count). The van der Waals surface area contributed by atoms with Gasteiger partial charge in [-0.25, -0.2) is 13.8 Å². The number of hydrazone groups is 1. The molecule has 0 saturated heterocycles. The molecule has 0 bridgehead atoms. The van der Waals surface area contributed by atoms with Crippen molar-refractivity contribution >= 4 is 27.8 Å². The lowest BCUT2D eigenvalue weighted by Gasteiger charge is -2.23.